The SMILES string of the molecule is NC1CCN(c2nnc(Cl)c3ccccc23)CC1. The number of rotatable bonds is 1. The molecule has 0 amide bonds. The Hall–Kier alpha value is -1.39. The summed E-state index contributed by atoms with van der Waals surface area (Å²) in [5.41, 5.74) is 5.93. The van der Waals surface area contributed by atoms with Crippen LogP contribution < -0.4 is 10.6 Å². The zero-order valence-corrected chi connectivity index (χ0v) is 10.8. The molecule has 3 rings (SSSR count). The fourth-order valence-electron chi connectivity index (χ4n) is 2.40. The van der Waals surface area contributed by atoms with Crippen LogP contribution in [0.3, 0.4) is 0 Å². The summed E-state index contributed by atoms with van der Waals surface area (Å²) in [5, 5.41) is 10.8. The molecule has 0 unspecified atom stereocenters. The van der Waals surface area contributed by atoms with Gasteiger partial charge in [0, 0.05) is 29.9 Å². The summed E-state index contributed by atoms with van der Waals surface area (Å²) in [6.45, 7) is 1.86. The van der Waals surface area contributed by atoms with Crippen molar-refractivity contribution in [3.8, 4) is 0 Å². The summed E-state index contributed by atoms with van der Waals surface area (Å²) < 4.78 is 0. The fourth-order valence-corrected chi connectivity index (χ4v) is 2.60. The second-order valence-corrected chi connectivity index (χ2v) is 5.04. The third kappa shape index (κ3) is 2.02. The van der Waals surface area contributed by atoms with Crippen LogP contribution in [0.25, 0.3) is 10.8 Å². The van der Waals surface area contributed by atoms with Gasteiger partial charge in [-0.1, -0.05) is 35.9 Å². The first-order valence-electron chi connectivity index (χ1n) is 6.17. The van der Waals surface area contributed by atoms with Crippen LogP contribution in [0, 0.1) is 0 Å². The van der Waals surface area contributed by atoms with Gasteiger partial charge >= 0.3 is 0 Å². The molecule has 2 heterocycles. The van der Waals surface area contributed by atoms with Crippen molar-refractivity contribution in [2.75, 3.05) is 18.0 Å². The van der Waals surface area contributed by atoms with Crippen LogP contribution in [0.4, 0.5) is 5.82 Å². The van der Waals surface area contributed by atoms with E-state index in [2.05, 4.69) is 15.1 Å². The standard InChI is InChI=1S/C13H15ClN4/c14-12-10-3-1-2-4-11(10)13(17-16-12)18-7-5-9(15)6-8-18/h1-4,9H,5-8,15H2. The van der Waals surface area contributed by atoms with Crippen molar-refractivity contribution in [1.82, 2.24) is 10.2 Å². The van der Waals surface area contributed by atoms with Gasteiger partial charge in [-0.25, -0.2) is 0 Å². The first-order valence-corrected chi connectivity index (χ1v) is 6.55. The van der Waals surface area contributed by atoms with Gasteiger partial charge in [0.15, 0.2) is 11.0 Å². The predicted molar refractivity (Wildman–Crippen MR) is 74.0 cm³/mol. The summed E-state index contributed by atoms with van der Waals surface area (Å²) in [7, 11) is 0. The number of hydrogen-bond donors (Lipinski definition) is 1. The van der Waals surface area contributed by atoms with Gasteiger partial charge in [-0.3, -0.25) is 0 Å². The van der Waals surface area contributed by atoms with Crippen molar-refractivity contribution >= 4 is 28.2 Å². The lowest BCUT2D eigenvalue weighted by Gasteiger charge is -2.31. The average molecular weight is 263 g/mol. The van der Waals surface area contributed by atoms with E-state index in [1.807, 2.05) is 24.3 Å². The third-order valence-corrected chi connectivity index (χ3v) is 3.74. The van der Waals surface area contributed by atoms with Crippen LogP contribution >= 0.6 is 11.6 Å². The molecular weight excluding hydrogens is 248 g/mol. The largest absolute Gasteiger partial charge is 0.354 e. The Morgan fingerprint density at radius 1 is 1.11 bits per heavy atom. The smallest absolute Gasteiger partial charge is 0.159 e. The van der Waals surface area contributed by atoms with Crippen molar-refractivity contribution in [2.24, 2.45) is 5.73 Å². The fraction of sp³-hybridized carbons (Fsp3) is 0.385. The van der Waals surface area contributed by atoms with Gasteiger partial charge in [0.25, 0.3) is 0 Å². The molecule has 1 aliphatic heterocycles. The summed E-state index contributed by atoms with van der Waals surface area (Å²) >= 11 is 6.08. The highest BCUT2D eigenvalue weighted by Crippen LogP contribution is 2.29. The molecule has 5 heteroatoms. The minimum Gasteiger partial charge on any atom is -0.354 e. The summed E-state index contributed by atoms with van der Waals surface area (Å²) in [6, 6.07) is 8.30. The Balaban J connectivity index is 2.04. The molecular formula is C13H15ClN4. The minimum absolute atomic E-state index is 0.313. The molecule has 0 bridgehead atoms. The number of anilines is 1. The highest BCUT2D eigenvalue weighted by molar-refractivity contribution is 6.34. The van der Waals surface area contributed by atoms with E-state index in [-0.39, 0.29) is 0 Å². The maximum Gasteiger partial charge on any atom is 0.159 e. The van der Waals surface area contributed by atoms with Crippen LogP contribution in [0.15, 0.2) is 24.3 Å². The molecule has 0 spiro atoms. The van der Waals surface area contributed by atoms with Crippen LogP contribution in [-0.4, -0.2) is 29.3 Å². The molecule has 0 aliphatic carbocycles. The molecule has 1 fully saturated rings. The first kappa shape index (κ1) is 11.7. The second kappa shape index (κ2) is 4.71. The molecule has 0 atom stereocenters. The lowest BCUT2D eigenvalue weighted by atomic mass is 10.1. The van der Waals surface area contributed by atoms with Gasteiger partial charge in [0.2, 0.25) is 0 Å². The molecule has 4 nitrogen and oxygen atoms in total. The number of piperidine rings is 1. The van der Waals surface area contributed by atoms with E-state index >= 15 is 0 Å². The van der Waals surface area contributed by atoms with Crippen LogP contribution in [-0.2, 0) is 0 Å². The van der Waals surface area contributed by atoms with E-state index < -0.39 is 0 Å². The Labute approximate surface area is 111 Å². The van der Waals surface area contributed by atoms with Gasteiger partial charge in [0.1, 0.15) is 0 Å². The van der Waals surface area contributed by atoms with Crippen molar-refractivity contribution in [2.45, 2.75) is 18.9 Å². The maximum absolute atomic E-state index is 6.08. The number of fused-ring (bicyclic) bond motifs is 1. The molecule has 0 radical (unpaired) electrons. The first-order chi connectivity index (χ1) is 8.75. The van der Waals surface area contributed by atoms with Crippen molar-refractivity contribution in [3.05, 3.63) is 29.4 Å². The topological polar surface area (TPSA) is 55.0 Å². The van der Waals surface area contributed by atoms with Crippen molar-refractivity contribution in [3.63, 3.8) is 0 Å². The van der Waals surface area contributed by atoms with Crippen molar-refractivity contribution in [1.29, 1.82) is 0 Å². The van der Waals surface area contributed by atoms with Crippen LogP contribution in [0.1, 0.15) is 12.8 Å². The number of benzene rings is 1. The number of hydrogen-bond acceptors (Lipinski definition) is 4. The zero-order valence-electron chi connectivity index (χ0n) is 10.0. The lowest BCUT2D eigenvalue weighted by molar-refractivity contribution is 0.498. The van der Waals surface area contributed by atoms with E-state index in [4.69, 9.17) is 17.3 Å². The number of nitrogens with zero attached hydrogens (tertiary/aromatic N) is 3. The molecule has 1 aromatic heterocycles. The monoisotopic (exact) mass is 262 g/mol. The molecule has 94 valence electrons. The molecule has 1 aliphatic rings. The predicted octanol–water partition coefficient (Wildman–Crippen LogP) is 2.21. The Bertz CT molecular complexity index is 564. The molecule has 1 aromatic carbocycles. The summed E-state index contributed by atoms with van der Waals surface area (Å²) in [5.74, 6) is 0.918. The van der Waals surface area contributed by atoms with E-state index in [0.717, 1.165) is 42.5 Å². The Morgan fingerprint density at radius 3 is 2.50 bits per heavy atom. The highest BCUT2D eigenvalue weighted by Gasteiger charge is 2.20. The molecule has 2 N–H and O–H groups in total. The highest BCUT2D eigenvalue weighted by atomic mass is 35.5. The van der Waals surface area contributed by atoms with Crippen molar-refractivity contribution < 1.29 is 0 Å². The molecule has 1 saturated heterocycles. The molecule has 0 saturated carbocycles. The Kier molecular flexibility index (Phi) is 3.06. The molecule has 2 aromatic rings. The second-order valence-electron chi connectivity index (χ2n) is 4.68. The van der Waals surface area contributed by atoms with E-state index in [1.165, 1.54) is 0 Å². The quantitative estimate of drug-likeness (QED) is 0.856. The van der Waals surface area contributed by atoms with Gasteiger partial charge in [-0.05, 0) is 12.8 Å². The zero-order chi connectivity index (χ0) is 12.5. The van der Waals surface area contributed by atoms with Gasteiger partial charge in [-0.2, -0.15) is 0 Å². The van der Waals surface area contributed by atoms with Gasteiger partial charge in [0.05, 0.1) is 0 Å². The summed E-state index contributed by atoms with van der Waals surface area (Å²) in [6.07, 6.45) is 2.00. The number of nitrogens with two attached hydrogens (primary N) is 1. The summed E-state index contributed by atoms with van der Waals surface area (Å²) in [4.78, 5) is 2.25. The normalized spacial score (nSPS) is 17.3. The minimum atomic E-state index is 0.313. The number of aromatic nitrogens is 2. The van der Waals surface area contributed by atoms with E-state index in [1.54, 1.807) is 0 Å². The van der Waals surface area contributed by atoms with Gasteiger partial charge in [-0.15, -0.1) is 10.2 Å². The van der Waals surface area contributed by atoms with E-state index in [9.17, 15) is 0 Å². The number of halogens is 1. The molecule has 18 heavy (non-hydrogen) atoms. The lowest BCUT2D eigenvalue weighted by Crippen LogP contribution is -2.40. The Morgan fingerprint density at radius 2 is 1.78 bits per heavy atom. The van der Waals surface area contributed by atoms with Crippen LogP contribution in [0.5, 0.6) is 0 Å². The van der Waals surface area contributed by atoms with Gasteiger partial charge < -0.3 is 10.6 Å². The third-order valence-electron chi connectivity index (χ3n) is 3.46. The van der Waals surface area contributed by atoms with E-state index in [0.29, 0.717) is 11.2 Å². The van der Waals surface area contributed by atoms with Crippen LogP contribution in [0.2, 0.25) is 5.15 Å². The average Bonchev–Trinajstić information content (AvgIpc) is 2.41. The maximum atomic E-state index is 6.08.